The van der Waals surface area contributed by atoms with Crippen LogP contribution >= 0.6 is 0 Å². The molecule has 2 N–H and O–H groups in total. The Kier molecular flexibility index (Phi) is 2.40. The third-order valence-corrected chi connectivity index (χ3v) is 3.67. The molecule has 0 unspecified atom stereocenters. The number of aryl methyl sites for hydroxylation is 2. The van der Waals surface area contributed by atoms with E-state index in [4.69, 9.17) is 10.7 Å². The summed E-state index contributed by atoms with van der Waals surface area (Å²) in [6.45, 7) is 2.11. The molecule has 17 heavy (non-hydrogen) atoms. The van der Waals surface area contributed by atoms with Crippen LogP contribution in [0.4, 0.5) is 0 Å². The number of aromatic nitrogens is 1. The van der Waals surface area contributed by atoms with Crippen molar-refractivity contribution < 1.29 is 0 Å². The molecule has 1 heterocycles. The number of hydrogen-bond donors (Lipinski definition) is 1. The van der Waals surface area contributed by atoms with Gasteiger partial charge in [0.1, 0.15) is 0 Å². The van der Waals surface area contributed by atoms with Crippen molar-refractivity contribution in [2.45, 2.75) is 38.1 Å². The predicted molar refractivity (Wildman–Crippen MR) is 71.0 cm³/mol. The minimum atomic E-state index is 0.129. The lowest BCUT2D eigenvalue weighted by atomic mass is 10.1. The standard InChI is InChI=1S/C15H18N2/c1-11-2-5-14-12(10-11)3-4-13(17-14)6-7-15(16)8-9-15/h2-5,10H,6-9,16H2,1H3. The first-order chi connectivity index (χ1) is 8.15. The monoisotopic (exact) mass is 226 g/mol. The molecule has 1 aromatic heterocycles. The van der Waals surface area contributed by atoms with Crippen molar-refractivity contribution in [2.24, 2.45) is 5.73 Å². The van der Waals surface area contributed by atoms with Crippen molar-refractivity contribution in [3.63, 3.8) is 0 Å². The second-order valence-electron chi connectivity index (χ2n) is 5.36. The van der Waals surface area contributed by atoms with Crippen molar-refractivity contribution in [1.82, 2.24) is 4.98 Å². The molecule has 0 atom stereocenters. The van der Waals surface area contributed by atoms with Crippen molar-refractivity contribution in [3.05, 3.63) is 41.6 Å². The topological polar surface area (TPSA) is 38.9 Å². The summed E-state index contributed by atoms with van der Waals surface area (Å²) in [5, 5.41) is 1.22. The zero-order chi connectivity index (χ0) is 11.9. The molecule has 1 fully saturated rings. The molecule has 0 bridgehead atoms. The fraction of sp³-hybridized carbons (Fsp3) is 0.400. The maximum Gasteiger partial charge on any atom is 0.0705 e. The fourth-order valence-electron chi connectivity index (χ4n) is 2.21. The van der Waals surface area contributed by atoms with Gasteiger partial charge in [-0.3, -0.25) is 4.98 Å². The number of rotatable bonds is 3. The van der Waals surface area contributed by atoms with Crippen LogP contribution in [-0.4, -0.2) is 10.5 Å². The summed E-state index contributed by atoms with van der Waals surface area (Å²) in [6, 6.07) is 10.7. The minimum Gasteiger partial charge on any atom is -0.325 e. The van der Waals surface area contributed by atoms with Crippen molar-refractivity contribution in [1.29, 1.82) is 0 Å². The second kappa shape index (κ2) is 3.81. The molecule has 2 nitrogen and oxygen atoms in total. The van der Waals surface area contributed by atoms with Gasteiger partial charge in [0.15, 0.2) is 0 Å². The van der Waals surface area contributed by atoms with E-state index >= 15 is 0 Å². The van der Waals surface area contributed by atoms with Gasteiger partial charge in [-0.15, -0.1) is 0 Å². The van der Waals surface area contributed by atoms with Crippen molar-refractivity contribution >= 4 is 10.9 Å². The molecule has 2 aromatic rings. The third-order valence-electron chi connectivity index (χ3n) is 3.67. The zero-order valence-corrected chi connectivity index (χ0v) is 10.2. The number of nitrogens with zero attached hydrogens (tertiary/aromatic N) is 1. The van der Waals surface area contributed by atoms with Crippen LogP contribution in [0.5, 0.6) is 0 Å². The maximum atomic E-state index is 6.10. The van der Waals surface area contributed by atoms with Gasteiger partial charge in [-0.25, -0.2) is 0 Å². The summed E-state index contributed by atoms with van der Waals surface area (Å²) >= 11 is 0. The number of nitrogens with two attached hydrogens (primary N) is 1. The SMILES string of the molecule is Cc1ccc2nc(CCC3(N)CC3)ccc2c1. The van der Waals surface area contributed by atoms with Crippen LogP contribution in [-0.2, 0) is 6.42 Å². The first-order valence-electron chi connectivity index (χ1n) is 6.30. The van der Waals surface area contributed by atoms with E-state index in [1.165, 1.54) is 23.8 Å². The Bertz CT molecular complexity index is 556. The van der Waals surface area contributed by atoms with Gasteiger partial charge in [0.2, 0.25) is 0 Å². The molecule has 0 saturated heterocycles. The Balaban J connectivity index is 1.83. The van der Waals surface area contributed by atoms with Crippen LogP contribution in [0.3, 0.4) is 0 Å². The highest BCUT2D eigenvalue weighted by atomic mass is 14.8. The summed E-state index contributed by atoms with van der Waals surface area (Å²) in [6.07, 6.45) is 4.43. The van der Waals surface area contributed by atoms with Crippen LogP contribution in [0.25, 0.3) is 10.9 Å². The molecule has 0 aliphatic heterocycles. The quantitative estimate of drug-likeness (QED) is 0.874. The van der Waals surface area contributed by atoms with Gasteiger partial charge in [-0.1, -0.05) is 17.7 Å². The van der Waals surface area contributed by atoms with Gasteiger partial charge in [-0.2, -0.15) is 0 Å². The van der Waals surface area contributed by atoms with E-state index in [9.17, 15) is 0 Å². The van der Waals surface area contributed by atoms with Crippen LogP contribution in [0, 0.1) is 6.92 Å². The van der Waals surface area contributed by atoms with E-state index in [2.05, 4.69) is 37.3 Å². The molecule has 1 aromatic carbocycles. The van der Waals surface area contributed by atoms with Gasteiger partial charge in [0.05, 0.1) is 5.52 Å². The first kappa shape index (κ1) is 10.7. The summed E-state index contributed by atoms with van der Waals surface area (Å²) < 4.78 is 0. The average molecular weight is 226 g/mol. The molecule has 0 amide bonds. The smallest absolute Gasteiger partial charge is 0.0705 e. The Morgan fingerprint density at radius 1 is 1.24 bits per heavy atom. The van der Waals surface area contributed by atoms with Crippen LogP contribution in [0.2, 0.25) is 0 Å². The third kappa shape index (κ3) is 2.32. The maximum absolute atomic E-state index is 6.10. The van der Waals surface area contributed by atoms with Crippen LogP contribution in [0.15, 0.2) is 30.3 Å². The normalized spacial score (nSPS) is 17.3. The van der Waals surface area contributed by atoms with Crippen LogP contribution < -0.4 is 5.73 Å². The Morgan fingerprint density at radius 2 is 2.06 bits per heavy atom. The molecule has 1 saturated carbocycles. The van der Waals surface area contributed by atoms with E-state index in [0.717, 1.165) is 24.1 Å². The highest BCUT2D eigenvalue weighted by Crippen LogP contribution is 2.36. The van der Waals surface area contributed by atoms with Crippen molar-refractivity contribution in [3.8, 4) is 0 Å². The first-order valence-corrected chi connectivity index (χ1v) is 6.30. The molecular weight excluding hydrogens is 208 g/mol. The Morgan fingerprint density at radius 3 is 2.82 bits per heavy atom. The van der Waals surface area contributed by atoms with E-state index in [1.54, 1.807) is 0 Å². The molecule has 1 aliphatic carbocycles. The number of benzene rings is 1. The molecule has 0 spiro atoms. The van der Waals surface area contributed by atoms with Gasteiger partial charge >= 0.3 is 0 Å². The van der Waals surface area contributed by atoms with E-state index in [0.29, 0.717) is 0 Å². The minimum absolute atomic E-state index is 0.129. The number of pyridine rings is 1. The summed E-state index contributed by atoms with van der Waals surface area (Å²) in [7, 11) is 0. The van der Waals surface area contributed by atoms with Gasteiger partial charge in [0, 0.05) is 16.6 Å². The lowest BCUT2D eigenvalue weighted by molar-refractivity contribution is 0.604. The molecular formula is C15H18N2. The highest BCUT2D eigenvalue weighted by molar-refractivity contribution is 5.79. The molecule has 88 valence electrons. The number of fused-ring (bicyclic) bond motifs is 1. The average Bonchev–Trinajstić information content (AvgIpc) is 3.05. The van der Waals surface area contributed by atoms with Gasteiger partial charge < -0.3 is 5.73 Å². The van der Waals surface area contributed by atoms with Crippen molar-refractivity contribution in [2.75, 3.05) is 0 Å². The highest BCUT2D eigenvalue weighted by Gasteiger charge is 2.37. The Labute approximate surface area is 102 Å². The fourth-order valence-corrected chi connectivity index (χ4v) is 2.21. The lowest BCUT2D eigenvalue weighted by Gasteiger charge is -2.08. The molecule has 0 radical (unpaired) electrons. The van der Waals surface area contributed by atoms with Gasteiger partial charge in [0.25, 0.3) is 0 Å². The van der Waals surface area contributed by atoms with E-state index < -0.39 is 0 Å². The molecule has 3 rings (SSSR count). The lowest BCUT2D eigenvalue weighted by Crippen LogP contribution is -2.22. The molecule has 1 aliphatic rings. The van der Waals surface area contributed by atoms with Gasteiger partial charge in [-0.05, 0) is 50.8 Å². The van der Waals surface area contributed by atoms with E-state index in [1.807, 2.05) is 0 Å². The Hall–Kier alpha value is -1.41. The molecule has 2 heteroatoms. The predicted octanol–water partition coefficient (Wildman–Crippen LogP) is 2.97. The largest absolute Gasteiger partial charge is 0.325 e. The summed E-state index contributed by atoms with van der Waals surface area (Å²) in [5.74, 6) is 0. The number of hydrogen-bond acceptors (Lipinski definition) is 2. The zero-order valence-electron chi connectivity index (χ0n) is 10.2. The van der Waals surface area contributed by atoms with E-state index in [-0.39, 0.29) is 5.54 Å². The summed E-state index contributed by atoms with van der Waals surface area (Å²) in [4.78, 5) is 4.69. The summed E-state index contributed by atoms with van der Waals surface area (Å²) in [5.41, 5.74) is 9.77. The van der Waals surface area contributed by atoms with Crippen LogP contribution in [0.1, 0.15) is 30.5 Å². The second-order valence-corrected chi connectivity index (χ2v) is 5.36.